The number of nitrogens with zero attached hydrogens (tertiary/aromatic N) is 2. The number of non-ortho nitro benzene ring substituents is 1. The van der Waals surface area contributed by atoms with Crippen LogP contribution in [0, 0.1) is 10.1 Å². The van der Waals surface area contributed by atoms with Gasteiger partial charge in [0.1, 0.15) is 6.61 Å². The minimum Gasteiger partial charge on any atom is -0.447 e. The summed E-state index contributed by atoms with van der Waals surface area (Å²) >= 11 is 3.46. The maximum Gasteiger partial charge on any atom is 0.414 e. The van der Waals surface area contributed by atoms with Crippen molar-refractivity contribution in [2.45, 2.75) is 12.8 Å². The number of ether oxygens (including phenoxy) is 1. The van der Waals surface area contributed by atoms with E-state index in [1.165, 1.54) is 22.6 Å². The first-order valence-electron chi connectivity index (χ1n) is 8.25. The lowest BCUT2D eigenvalue weighted by Crippen LogP contribution is -2.24. The van der Waals surface area contributed by atoms with Gasteiger partial charge in [-0.15, -0.1) is 0 Å². The fourth-order valence-corrected chi connectivity index (χ4v) is 3.27. The van der Waals surface area contributed by atoms with Crippen molar-refractivity contribution in [2.75, 3.05) is 29.9 Å². The summed E-state index contributed by atoms with van der Waals surface area (Å²) in [5.41, 5.74) is 2.33. The van der Waals surface area contributed by atoms with Gasteiger partial charge in [-0.25, -0.2) is 4.79 Å². The fraction of sp³-hybridized carbons (Fsp3) is 0.278. The molecule has 136 valence electrons. The summed E-state index contributed by atoms with van der Waals surface area (Å²) in [6.45, 7) is 1.34. The van der Waals surface area contributed by atoms with Crippen molar-refractivity contribution < 1.29 is 14.5 Å². The van der Waals surface area contributed by atoms with Gasteiger partial charge in [0.25, 0.3) is 5.69 Å². The Morgan fingerprint density at radius 2 is 2.12 bits per heavy atom. The molecule has 2 aromatic carbocycles. The number of rotatable bonds is 7. The Balaban J connectivity index is 1.68. The highest BCUT2D eigenvalue weighted by Gasteiger charge is 2.27. The second kappa shape index (κ2) is 8.18. The van der Waals surface area contributed by atoms with Crippen molar-refractivity contribution in [3.05, 3.63) is 62.6 Å². The number of hydrogen-bond acceptors (Lipinski definition) is 5. The second-order valence-corrected chi connectivity index (χ2v) is 6.80. The third kappa shape index (κ3) is 4.32. The average Bonchev–Trinajstić information content (AvgIpc) is 3.04. The van der Waals surface area contributed by atoms with E-state index in [2.05, 4.69) is 33.4 Å². The van der Waals surface area contributed by atoms with Crippen molar-refractivity contribution in [3.63, 3.8) is 0 Å². The van der Waals surface area contributed by atoms with Crippen LogP contribution in [0.1, 0.15) is 12.0 Å². The Morgan fingerprint density at radius 1 is 1.27 bits per heavy atom. The molecule has 8 heteroatoms. The normalized spacial score (nSPS) is 13.6. The SMILES string of the molecule is O=C1OCCN1c1cc([N+](=O)[O-])ccc1NCCCc1cccc(Br)c1. The number of carbonyl (C=O) groups excluding carboxylic acids is 1. The Morgan fingerprint density at radius 3 is 2.81 bits per heavy atom. The van der Waals surface area contributed by atoms with E-state index in [0.29, 0.717) is 24.5 Å². The lowest BCUT2D eigenvalue weighted by molar-refractivity contribution is -0.384. The van der Waals surface area contributed by atoms with Crippen molar-refractivity contribution >= 4 is 39.1 Å². The van der Waals surface area contributed by atoms with E-state index in [9.17, 15) is 14.9 Å². The molecule has 0 bridgehead atoms. The number of benzene rings is 2. The lowest BCUT2D eigenvalue weighted by atomic mass is 10.1. The highest BCUT2D eigenvalue weighted by Crippen LogP contribution is 2.32. The molecule has 1 N–H and O–H groups in total. The number of halogens is 1. The molecule has 0 atom stereocenters. The highest BCUT2D eigenvalue weighted by atomic mass is 79.9. The van der Waals surface area contributed by atoms with Crippen LogP contribution in [0.15, 0.2) is 46.9 Å². The first kappa shape index (κ1) is 18.2. The van der Waals surface area contributed by atoms with Crippen molar-refractivity contribution in [3.8, 4) is 0 Å². The van der Waals surface area contributed by atoms with Gasteiger partial charge in [-0.2, -0.15) is 0 Å². The molecular formula is C18H18BrN3O4. The van der Waals surface area contributed by atoms with Crippen LogP contribution in [0.4, 0.5) is 21.9 Å². The van der Waals surface area contributed by atoms with Crippen LogP contribution >= 0.6 is 15.9 Å². The van der Waals surface area contributed by atoms with Crippen LogP contribution in [0.2, 0.25) is 0 Å². The van der Waals surface area contributed by atoms with Crippen molar-refractivity contribution in [2.24, 2.45) is 0 Å². The van der Waals surface area contributed by atoms with Gasteiger partial charge < -0.3 is 10.1 Å². The van der Waals surface area contributed by atoms with Gasteiger partial charge in [-0.3, -0.25) is 15.0 Å². The largest absolute Gasteiger partial charge is 0.447 e. The first-order valence-corrected chi connectivity index (χ1v) is 9.05. The molecule has 0 saturated carbocycles. The van der Waals surface area contributed by atoms with E-state index >= 15 is 0 Å². The van der Waals surface area contributed by atoms with Crippen LogP contribution in [-0.4, -0.2) is 30.7 Å². The Hall–Kier alpha value is -2.61. The minimum atomic E-state index is -0.484. The van der Waals surface area contributed by atoms with Crippen LogP contribution in [0.5, 0.6) is 0 Å². The predicted octanol–water partition coefficient (Wildman–Crippen LogP) is 4.36. The Kier molecular flexibility index (Phi) is 5.72. The fourth-order valence-electron chi connectivity index (χ4n) is 2.83. The second-order valence-electron chi connectivity index (χ2n) is 5.88. The van der Waals surface area contributed by atoms with E-state index in [1.807, 2.05) is 12.1 Å². The Labute approximate surface area is 159 Å². The van der Waals surface area contributed by atoms with E-state index in [4.69, 9.17) is 4.74 Å². The third-order valence-corrected chi connectivity index (χ3v) is 4.58. The van der Waals surface area contributed by atoms with Gasteiger partial charge in [0.15, 0.2) is 0 Å². The molecule has 0 aromatic heterocycles. The zero-order valence-electron chi connectivity index (χ0n) is 14.0. The molecule has 1 fully saturated rings. The number of nitro benzene ring substituents is 1. The molecule has 1 heterocycles. The maximum atomic E-state index is 11.9. The number of hydrogen-bond donors (Lipinski definition) is 1. The molecule has 1 saturated heterocycles. The van der Waals surface area contributed by atoms with Crippen LogP contribution in [0.25, 0.3) is 0 Å². The summed E-state index contributed by atoms with van der Waals surface area (Å²) in [5, 5.41) is 14.3. The standard InChI is InChI=1S/C18H18BrN3O4/c19-14-5-1-3-13(11-14)4-2-8-20-16-7-6-15(22(24)25)12-17(16)21-9-10-26-18(21)23/h1,3,5-7,11-12,20H,2,4,8-10H2. The topological polar surface area (TPSA) is 84.7 Å². The van der Waals surface area contributed by atoms with Crippen molar-refractivity contribution in [1.82, 2.24) is 0 Å². The molecular weight excluding hydrogens is 402 g/mol. The zero-order chi connectivity index (χ0) is 18.5. The monoisotopic (exact) mass is 419 g/mol. The number of cyclic esters (lactones) is 1. The summed E-state index contributed by atoms with van der Waals surface area (Å²) in [4.78, 5) is 23.9. The van der Waals surface area contributed by atoms with Crippen molar-refractivity contribution in [1.29, 1.82) is 0 Å². The summed E-state index contributed by atoms with van der Waals surface area (Å²) in [5.74, 6) is 0. The van der Waals surface area contributed by atoms with Crippen LogP contribution < -0.4 is 10.2 Å². The number of anilines is 2. The average molecular weight is 420 g/mol. The van der Waals surface area contributed by atoms with Gasteiger partial charge in [0, 0.05) is 23.2 Å². The van der Waals surface area contributed by atoms with E-state index in [-0.39, 0.29) is 12.3 Å². The van der Waals surface area contributed by atoms with Crippen LogP contribution in [0.3, 0.4) is 0 Å². The lowest BCUT2D eigenvalue weighted by Gasteiger charge is -2.18. The van der Waals surface area contributed by atoms with Gasteiger partial charge in [-0.05, 0) is 36.6 Å². The minimum absolute atomic E-state index is 0.0561. The molecule has 1 aliphatic rings. The van der Waals surface area contributed by atoms with Gasteiger partial charge >= 0.3 is 6.09 Å². The number of nitrogens with one attached hydrogen (secondary N) is 1. The molecule has 2 aromatic rings. The zero-order valence-corrected chi connectivity index (χ0v) is 15.6. The molecule has 1 aliphatic heterocycles. The first-order chi connectivity index (χ1) is 12.5. The quantitative estimate of drug-likeness (QED) is 0.409. The molecule has 26 heavy (non-hydrogen) atoms. The summed E-state index contributed by atoms with van der Waals surface area (Å²) in [6, 6.07) is 12.6. The smallest absolute Gasteiger partial charge is 0.414 e. The molecule has 3 rings (SSSR count). The van der Waals surface area contributed by atoms with Crippen LogP contribution in [-0.2, 0) is 11.2 Å². The van der Waals surface area contributed by atoms with Gasteiger partial charge in [-0.1, -0.05) is 28.1 Å². The molecule has 0 radical (unpaired) electrons. The summed E-state index contributed by atoms with van der Waals surface area (Å²) < 4.78 is 6.00. The molecule has 1 amide bonds. The highest BCUT2D eigenvalue weighted by molar-refractivity contribution is 9.10. The van der Waals surface area contributed by atoms with E-state index in [1.54, 1.807) is 6.07 Å². The van der Waals surface area contributed by atoms with Gasteiger partial charge in [0.2, 0.25) is 0 Å². The molecule has 7 nitrogen and oxygen atoms in total. The van der Waals surface area contributed by atoms with E-state index < -0.39 is 11.0 Å². The summed E-state index contributed by atoms with van der Waals surface area (Å²) in [7, 11) is 0. The molecule has 0 unspecified atom stereocenters. The number of aryl methyl sites for hydroxylation is 1. The number of carbonyl (C=O) groups is 1. The Bertz CT molecular complexity index is 828. The number of amides is 1. The third-order valence-electron chi connectivity index (χ3n) is 4.09. The predicted molar refractivity (Wildman–Crippen MR) is 103 cm³/mol. The number of nitro groups is 1. The molecule has 0 aliphatic carbocycles. The van der Waals surface area contributed by atoms with Gasteiger partial charge in [0.05, 0.1) is 22.8 Å². The molecule has 0 spiro atoms. The summed E-state index contributed by atoms with van der Waals surface area (Å²) in [6.07, 6.45) is 1.31. The van der Waals surface area contributed by atoms with E-state index in [0.717, 1.165) is 17.3 Å². The maximum absolute atomic E-state index is 11.9.